The highest BCUT2D eigenvalue weighted by Gasteiger charge is 2.53. The number of carboxylic acid groups (broad SMARTS) is 1. The Morgan fingerprint density at radius 1 is 1.06 bits per heavy atom. The quantitative estimate of drug-likeness (QED) is 0.611. The van der Waals surface area contributed by atoms with Gasteiger partial charge in [0.25, 0.3) is 0 Å². The number of hydrogen-bond donors (Lipinski definition) is 1. The van der Waals surface area contributed by atoms with E-state index in [0.29, 0.717) is 36.8 Å². The molecule has 2 aromatic rings. The Morgan fingerprint density at radius 3 is 2.41 bits per heavy atom. The highest BCUT2D eigenvalue weighted by Crippen LogP contribution is 2.52. The molecule has 2 aliphatic carbocycles. The van der Waals surface area contributed by atoms with Crippen molar-refractivity contribution in [2.75, 3.05) is 14.2 Å². The third kappa shape index (κ3) is 3.42. The number of methoxy groups -OCH3 is 2. The van der Waals surface area contributed by atoms with Gasteiger partial charge in [-0.2, -0.15) is 0 Å². The number of benzene rings is 2. The summed E-state index contributed by atoms with van der Waals surface area (Å²) in [4.78, 5) is 24.7. The molecule has 170 valence electrons. The van der Waals surface area contributed by atoms with E-state index in [4.69, 9.17) is 17.0 Å². The second-order valence-corrected chi connectivity index (χ2v) is 8.94. The molecule has 2 aromatic carbocycles. The number of ketones is 1. The van der Waals surface area contributed by atoms with Gasteiger partial charge >= 0.3 is 5.97 Å². The van der Waals surface area contributed by atoms with Crippen molar-refractivity contribution in [2.45, 2.75) is 52.1 Å². The molecule has 0 spiro atoms. The Bertz CT molecular complexity index is 1110. The first kappa shape index (κ1) is 19.6. The Hall–Kier alpha value is -3.02. The van der Waals surface area contributed by atoms with Crippen molar-refractivity contribution < 1.29 is 31.6 Å². The third-order valence-electron chi connectivity index (χ3n) is 6.85. The molecule has 6 heteroatoms. The van der Waals surface area contributed by atoms with Gasteiger partial charge in [0.05, 0.1) is 16.9 Å². The Labute approximate surface area is 191 Å². The van der Waals surface area contributed by atoms with Crippen LogP contribution in [0.15, 0.2) is 30.3 Å². The van der Waals surface area contributed by atoms with Crippen LogP contribution in [0.3, 0.4) is 0 Å². The monoisotopic (exact) mass is 440 g/mol. The van der Waals surface area contributed by atoms with Crippen molar-refractivity contribution in [1.82, 2.24) is 0 Å². The molecule has 6 nitrogen and oxygen atoms in total. The summed E-state index contributed by atoms with van der Waals surface area (Å²) in [6, 6.07) is 9.00. The van der Waals surface area contributed by atoms with Gasteiger partial charge in [-0.3, -0.25) is 9.59 Å². The maximum absolute atomic E-state index is 12.4. The number of rotatable bonds is 8. The minimum absolute atomic E-state index is 0.0843. The van der Waals surface area contributed by atoms with E-state index in [9.17, 15) is 14.7 Å². The van der Waals surface area contributed by atoms with Crippen molar-refractivity contribution in [2.24, 2.45) is 11.3 Å². The fourth-order valence-corrected chi connectivity index (χ4v) is 5.08. The number of carboxylic acids is 1. The van der Waals surface area contributed by atoms with Crippen LogP contribution >= 0.6 is 0 Å². The van der Waals surface area contributed by atoms with Gasteiger partial charge in [0.2, 0.25) is 5.75 Å². The summed E-state index contributed by atoms with van der Waals surface area (Å²) in [5, 5.41) is 10.1. The van der Waals surface area contributed by atoms with E-state index < -0.39 is 24.6 Å². The fourth-order valence-electron chi connectivity index (χ4n) is 5.08. The Balaban J connectivity index is 1.93. The van der Waals surface area contributed by atoms with Crippen molar-refractivity contribution in [3.05, 3.63) is 41.5 Å². The van der Waals surface area contributed by atoms with Crippen LogP contribution in [0, 0.1) is 11.3 Å². The molecule has 1 N–H and O–H groups in total. The molecule has 0 bridgehead atoms. The molecule has 1 atom stereocenters. The van der Waals surface area contributed by atoms with Crippen molar-refractivity contribution >= 4 is 11.8 Å². The molecule has 0 amide bonds. The molecule has 0 heterocycles. The largest absolute Gasteiger partial charge is 0.493 e. The van der Waals surface area contributed by atoms with E-state index in [-0.39, 0.29) is 28.9 Å². The number of Topliss-reactive ketones (excluding diaryl/α,β-unsaturated/α-hetero) is 1. The van der Waals surface area contributed by atoms with Crippen molar-refractivity contribution in [1.29, 1.82) is 0 Å². The van der Waals surface area contributed by atoms with Crippen LogP contribution in [0.2, 0.25) is 0 Å². The van der Waals surface area contributed by atoms with Crippen LogP contribution in [0.1, 0.15) is 58.2 Å². The summed E-state index contributed by atoms with van der Waals surface area (Å²) >= 11 is 0. The highest BCUT2D eigenvalue weighted by atomic mass is 16.5. The second kappa shape index (κ2) is 8.49. The number of hydrogen-bond acceptors (Lipinski definition) is 5. The zero-order valence-corrected chi connectivity index (χ0v) is 18.6. The first-order valence-electron chi connectivity index (χ1n) is 12.1. The summed E-state index contributed by atoms with van der Waals surface area (Å²) in [7, 11) is -0.193. The van der Waals surface area contributed by atoms with Crippen LogP contribution in [0.25, 0.3) is 11.1 Å². The van der Waals surface area contributed by atoms with Crippen molar-refractivity contribution in [3.63, 3.8) is 0 Å². The molecular weight excluding hydrogens is 408 g/mol. The van der Waals surface area contributed by atoms with E-state index in [2.05, 4.69) is 0 Å². The van der Waals surface area contributed by atoms with Gasteiger partial charge in [-0.25, -0.2) is 0 Å². The number of fused-ring (bicyclic) bond motifs is 1. The Kier molecular flexibility index (Phi) is 5.21. The summed E-state index contributed by atoms with van der Waals surface area (Å²) in [5.74, 6) is -0.331. The smallest absolute Gasteiger partial charge is 0.313 e. The number of carbonyl (C=O) groups is 2. The van der Waals surface area contributed by atoms with Crippen LogP contribution in [-0.4, -0.2) is 37.1 Å². The van der Waals surface area contributed by atoms with E-state index in [0.717, 1.165) is 17.5 Å². The topological polar surface area (TPSA) is 82.1 Å². The predicted molar refractivity (Wildman–Crippen MR) is 121 cm³/mol. The van der Waals surface area contributed by atoms with Gasteiger partial charge in [0.1, 0.15) is 11.5 Å². The molecule has 0 aromatic heterocycles. The molecule has 4 rings (SSSR count). The first-order chi connectivity index (χ1) is 16.2. The van der Waals surface area contributed by atoms with E-state index in [1.54, 1.807) is 12.1 Å². The zero-order chi connectivity index (χ0) is 24.6. The zero-order valence-electron chi connectivity index (χ0n) is 20.6. The van der Waals surface area contributed by atoms with Crippen LogP contribution < -0.4 is 14.2 Å². The molecular formula is C26H30O6. The lowest BCUT2D eigenvalue weighted by molar-refractivity contribution is -0.166. The maximum atomic E-state index is 12.4. The van der Waals surface area contributed by atoms with Gasteiger partial charge in [-0.15, -0.1) is 0 Å². The minimum Gasteiger partial charge on any atom is -0.493 e. The third-order valence-corrected chi connectivity index (χ3v) is 6.85. The molecule has 0 saturated heterocycles. The van der Waals surface area contributed by atoms with E-state index in [1.165, 1.54) is 7.11 Å². The van der Waals surface area contributed by atoms with Crippen molar-refractivity contribution in [3.8, 4) is 28.4 Å². The molecule has 0 radical (unpaired) electrons. The van der Waals surface area contributed by atoms with Gasteiger partial charge in [-0.05, 0) is 48.4 Å². The maximum Gasteiger partial charge on any atom is 0.313 e. The van der Waals surface area contributed by atoms with Gasteiger partial charge in [-0.1, -0.05) is 38.5 Å². The van der Waals surface area contributed by atoms with Gasteiger partial charge in [0.15, 0.2) is 17.3 Å². The normalized spacial score (nSPS) is 18.5. The molecule has 0 aliphatic heterocycles. The molecule has 1 saturated carbocycles. The SMILES string of the molecule is [2H]C([2H])Oc1c(OC)ccc(-c2cccc3c2CCC3=O)c1OC(C(C)C)C1(C(=O)O)CCC1. The molecule has 32 heavy (non-hydrogen) atoms. The molecule has 1 unspecified atom stereocenters. The minimum atomic E-state index is -1.65. The lowest BCUT2D eigenvalue weighted by atomic mass is 9.62. The summed E-state index contributed by atoms with van der Waals surface area (Å²) in [6.07, 6.45) is 2.19. The number of carbonyl (C=O) groups excluding carboxylic acids is 1. The van der Waals surface area contributed by atoms with Gasteiger partial charge < -0.3 is 19.3 Å². The summed E-state index contributed by atoms with van der Waals surface area (Å²) < 4.78 is 33.0. The standard InChI is InChI=1S/C26H30O6/c1-15(2)24(26(25(28)29)13-6-14-26)32-22-19(10-12-21(30-3)23(22)31-4)16-7-5-8-18-17(16)9-11-20(18)27/h5,7-8,10,12,15,24H,6,9,11,13-14H2,1-4H3,(H,28,29)/i4D2. The summed E-state index contributed by atoms with van der Waals surface area (Å²) in [6.45, 7) is 3.84. The fraction of sp³-hybridized carbons (Fsp3) is 0.462. The van der Waals surface area contributed by atoms with Gasteiger partial charge in [0, 0.05) is 17.5 Å². The first-order valence-corrected chi connectivity index (χ1v) is 11.0. The summed E-state index contributed by atoms with van der Waals surface area (Å²) in [5.41, 5.74) is 1.95. The lowest BCUT2D eigenvalue weighted by Crippen LogP contribution is -2.52. The number of ether oxygens (including phenoxy) is 3. The average molecular weight is 441 g/mol. The lowest BCUT2D eigenvalue weighted by Gasteiger charge is -2.45. The molecule has 2 aliphatic rings. The Morgan fingerprint density at radius 2 is 1.81 bits per heavy atom. The number of aliphatic carboxylic acids is 1. The van der Waals surface area contributed by atoms with Crippen LogP contribution in [0.5, 0.6) is 17.2 Å². The van der Waals surface area contributed by atoms with Crippen LogP contribution in [0.4, 0.5) is 0 Å². The predicted octanol–water partition coefficient (Wildman–Crippen LogP) is 5.16. The van der Waals surface area contributed by atoms with Crippen LogP contribution in [-0.2, 0) is 11.2 Å². The highest BCUT2D eigenvalue weighted by molar-refractivity contribution is 6.02. The molecule has 1 fully saturated rings. The average Bonchev–Trinajstić information content (AvgIpc) is 3.13. The van der Waals surface area contributed by atoms with E-state index >= 15 is 0 Å². The second-order valence-electron chi connectivity index (χ2n) is 8.94. The van der Waals surface area contributed by atoms with E-state index in [1.807, 2.05) is 32.0 Å².